The van der Waals surface area contributed by atoms with Crippen LogP contribution in [0.1, 0.15) is 36.8 Å². The standard InChI is InChI=1S/C23H25N5O4/c1-23(2,3)18-13-19(28(27-18)17-7-5-4-6-8-17)26-20(29)14-32-21(30)15-9-11-16(12-10-15)25-22(24)31/h4-13H,14H2,1-3H3,(H,26,29)(H3,24,25,31). The number of esters is 1. The summed E-state index contributed by atoms with van der Waals surface area (Å²) < 4.78 is 6.75. The van der Waals surface area contributed by atoms with Gasteiger partial charge in [0.25, 0.3) is 5.91 Å². The minimum Gasteiger partial charge on any atom is -0.452 e. The maximum atomic E-state index is 12.5. The van der Waals surface area contributed by atoms with Crippen molar-refractivity contribution < 1.29 is 19.1 Å². The van der Waals surface area contributed by atoms with Crippen LogP contribution in [0.2, 0.25) is 0 Å². The fraction of sp³-hybridized carbons (Fsp3) is 0.217. The second-order valence-corrected chi connectivity index (χ2v) is 8.10. The first-order valence-electron chi connectivity index (χ1n) is 9.93. The van der Waals surface area contributed by atoms with Crippen LogP contribution in [0.25, 0.3) is 5.69 Å². The van der Waals surface area contributed by atoms with Crippen molar-refractivity contribution in [3.8, 4) is 5.69 Å². The summed E-state index contributed by atoms with van der Waals surface area (Å²) in [7, 11) is 0. The predicted octanol–water partition coefficient (Wildman–Crippen LogP) is 3.46. The molecule has 1 aromatic heterocycles. The Bertz CT molecular complexity index is 1120. The normalized spacial score (nSPS) is 11.0. The number of urea groups is 1. The first-order chi connectivity index (χ1) is 15.1. The minimum absolute atomic E-state index is 0.221. The first kappa shape index (κ1) is 22.5. The molecule has 0 aliphatic heterocycles. The number of nitrogens with one attached hydrogen (secondary N) is 2. The number of hydrogen-bond acceptors (Lipinski definition) is 5. The number of nitrogens with zero attached hydrogens (tertiary/aromatic N) is 2. The highest BCUT2D eigenvalue weighted by Crippen LogP contribution is 2.26. The number of para-hydroxylation sites is 1. The largest absolute Gasteiger partial charge is 0.452 e. The number of hydrogen-bond donors (Lipinski definition) is 3. The van der Waals surface area contributed by atoms with Gasteiger partial charge in [-0.15, -0.1) is 0 Å². The lowest BCUT2D eigenvalue weighted by Crippen LogP contribution is -2.22. The number of carbonyl (C=O) groups is 3. The Balaban J connectivity index is 1.67. The Morgan fingerprint density at radius 1 is 1.00 bits per heavy atom. The molecule has 0 unspecified atom stereocenters. The molecule has 0 atom stereocenters. The van der Waals surface area contributed by atoms with E-state index in [1.807, 2.05) is 51.1 Å². The van der Waals surface area contributed by atoms with E-state index in [1.165, 1.54) is 24.3 Å². The molecule has 0 bridgehead atoms. The quantitative estimate of drug-likeness (QED) is 0.511. The summed E-state index contributed by atoms with van der Waals surface area (Å²) in [5.74, 6) is -0.690. The van der Waals surface area contributed by atoms with Gasteiger partial charge in [0.15, 0.2) is 6.61 Å². The van der Waals surface area contributed by atoms with E-state index in [0.29, 0.717) is 11.5 Å². The van der Waals surface area contributed by atoms with Crippen molar-refractivity contribution in [1.82, 2.24) is 9.78 Å². The van der Waals surface area contributed by atoms with E-state index in [1.54, 1.807) is 10.7 Å². The molecule has 9 heteroatoms. The lowest BCUT2D eigenvalue weighted by Gasteiger charge is -2.14. The van der Waals surface area contributed by atoms with Crippen LogP contribution >= 0.6 is 0 Å². The molecule has 3 amide bonds. The zero-order valence-electron chi connectivity index (χ0n) is 18.1. The highest BCUT2D eigenvalue weighted by Gasteiger charge is 2.22. The summed E-state index contributed by atoms with van der Waals surface area (Å²) in [4.78, 5) is 35.6. The van der Waals surface area contributed by atoms with Crippen LogP contribution < -0.4 is 16.4 Å². The fourth-order valence-electron chi connectivity index (χ4n) is 2.83. The zero-order chi connectivity index (χ0) is 23.3. The summed E-state index contributed by atoms with van der Waals surface area (Å²) in [6, 6.07) is 16.5. The molecule has 4 N–H and O–H groups in total. The molecular formula is C23H25N5O4. The molecule has 9 nitrogen and oxygen atoms in total. The van der Waals surface area contributed by atoms with Crippen molar-refractivity contribution in [2.24, 2.45) is 5.73 Å². The highest BCUT2D eigenvalue weighted by atomic mass is 16.5. The summed E-state index contributed by atoms with van der Waals surface area (Å²) in [6.45, 7) is 5.62. The van der Waals surface area contributed by atoms with Crippen LogP contribution in [-0.2, 0) is 14.9 Å². The smallest absolute Gasteiger partial charge is 0.338 e. The summed E-state index contributed by atoms with van der Waals surface area (Å²) in [6.07, 6.45) is 0. The Kier molecular flexibility index (Phi) is 6.58. The third kappa shape index (κ3) is 5.72. The van der Waals surface area contributed by atoms with Gasteiger partial charge in [-0.3, -0.25) is 4.79 Å². The third-order valence-corrected chi connectivity index (χ3v) is 4.47. The summed E-state index contributed by atoms with van der Waals surface area (Å²) in [5.41, 5.74) is 7.10. The average molecular weight is 435 g/mol. The Hall–Kier alpha value is -4.14. The molecule has 0 fully saturated rings. The molecule has 3 rings (SSSR count). The number of rotatable bonds is 6. The Morgan fingerprint density at radius 2 is 1.66 bits per heavy atom. The van der Waals surface area contributed by atoms with Crippen molar-refractivity contribution in [1.29, 1.82) is 0 Å². The van der Waals surface area contributed by atoms with Crippen molar-refractivity contribution in [2.75, 3.05) is 17.2 Å². The maximum Gasteiger partial charge on any atom is 0.338 e. The zero-order valence-corrected chi connectivity index (χ0v) is 18.1. The van der Waals surface area contributed by atoms with Crippen molar-refractivity contribution >= 4 is 29.4 Å². The van der Waals surface area contributed by atoms with Crippen LogP contribution in [-0.4, -0.2) is 34.3 Å². The molecule has 0 aliphatic rings. The highest BCUT2D eigenvalue weighted by molar-refractivity contribution is 5.96. The van der Waals surface area contributed by atoms with E-state index >= 15 is 0 Å². The van der Waals surface area contributed by atoms with Crippen LogP contribution in [0.15, 0.2) is 60.7 Å². The molecule has 0 radical (unpaired) electrons. The first-order valence-corrected chi connectivity index (χ1v) is 9.93. The van der Waals surface area contributed by atoms with Crippen LogP contribution in [0.4, 0.5) is 16.3 Å². The second-order valence-electron chi connectivity index (χ2n) is 8.10. The van der Waals surface area contributed by atoms with Crippen molar-refractivity contribution in [3.63, 3.8) is 0 Å². The van der Waals surface area contributed by atoms with Gasteiger partial charge in [-0.1, -0.05) is 39.0 Å². The molecule has 2 aromatic carbocycles. The number of primary amides is 1. The maximum absolute atomic E-state index is 12.5. The van der Waals surface area contributed by atoms with Gasteiger partial charge in [0.1, 0.15) is 5.82 Å². The van der Waals surface area contributed by atoms with Gasteiger partial charge in [-0.05, 0) is 36.4 Å². The van der Waals surface area contributed by atoms with Crippen LogP contribution in [0.5, 0.6) is 0 Å². The third-order valence-electron chi connectivity index (χ3n) is 4.47. The van der Waals surface area contributed by atoms with E-state index in [9.17, 15) is 14.4 Å². The lowest BCUT2D eigenvalue weighted by atomic mass is 9.92. The van der Waals surface area contributed by atoms with Gasteiger partial charge in [0.2, 0.25) is 0 Å². The van der Waals surface area contributed by atoms with E-state index < -0.39 is 24.5 Å². The number of ether oxygens (including phenoxy) is 1. The van der Waals surface area contributed by atoms with Crippen LogP contribution in [0.3, 0.4) is 0 Å². The second kappa shape index (κ2) is 9.34. The minimum atomic E-state index is -0.707. The van der Waals surface area contributed by atoms with Gasteiger partial charge >= 0.3 is 12.0 Å². The molecular weight excluding hydrogens is 410 g/mol. The van der Waals surface area contributed by atoms with Gasteiger partial charge in [0.05, 0.1) is 16.9 Å². The monoisotopic (exact) mass is 435 g/mol. The SMILES string of the molecule is CC(C)(C)c1cc(NC(=O)COC(=O)c2ccc(NC(N)=O)cc2)n(-c2ccccc2)n1. The molecule has 0 saturated heterocycles. The van der Waals surface area contributed by atoms with Gasteiger partial charge in [0, 0.05) is 17.2 Å². The molecule has 0 saturated carbocycles. The molecule has 0 spiro atoms. The number of carbonyl (C=O) groups excluding carboxylic acids is 3. The van der Waals surface area contributed by atoms with Gasteiger partial charge < -0.3 is 21.1 Å². The summed E-state index contributed by atoms with van der Waals surface area (Å²) in [5, 5.41) is 9.79. The van der Waals surface area contributed by atoms with E-state index in [-0.39, 0.29) is 11.0 Å². The molecule has 32 heavy (non-hydrogen) atoms. The number of anilines is 2. The number of aromatic nitrogens is 2. The topological polar surface area (TPSA) is 128 Å². The molecule has 166 valence electrons. The molecule has 0 aliphatic carbocycles. The Morgan fingerprint density at radius 3 is 2.25 bits per heavy atom. The average Bonchev–Trinajstić information content (AvgIpc) is 3.17. The predicted molar refractivity (Wildman–Crippen MR) is 121 cm³/mol. The van der Waals surface area contributed by atoms with E-state index in [2.05, 4.69) is 15.7 Å². The van der Waals surface area contributed by atoms with Gasteiger partial charge in [-0.2, -0.15) is 5.10 Å². The lowest BCUT2D eigenvalue weighted by molar-refractivity contribution is -0.119. The fourth-order valence-corrected chi connectivity index (χ4v) is 2.83. The van der Waals surface area contributed by atoms with Crippen molar-refractivity contribution in [3.05, 3.63) is 71.9 Å². The molecule has 3 aromatic rings. The van der Waals surface area contributed by atoms with Crippen LogP contribution in [0, 0.1) is 0 Å². The number of nitrogens with two attached hydrogens (primary N) is 1. The number of benzene rings is 2. The Labute approximate surface area is 185 Å². The van der Waals surface area contributed by atoms with Gasteiger partial charge in [-0.25, -0.2) is 14.3 Å². The summed E-state index contributed by atoms with van der Waals surface area (Å²) >= 11 is 0. The van der Waals surface area contributed by atoms with E-state index in [4.69, 9.17) is 10.5 Å². The van der Waals surface area contributed by atoms with Crippen molar-refractivity contribution in [2.45, 2.75) is 26.2 Å². The van der Waals surface area contributed by atoms with E-state index in [0.717, 1.165) is 11.4 Å². The molecule has 1 heterocycles. The number of amides is 3.